The van der Waals surface area contributed by atoms with Crippen molar-refractivity contribution in [3.8, 4) is 11.3 Å². The van der Waals surface area contributed by atoms with Crippen LogP contribution in [0.1, 0.15) is 29.8 Å². The standard InChI is InChI=1S/C25H28ClN3O2/c1-25(2,17-27-15-16-31-3)20-10-12-21(13-11-20)29-24(30)19-8-6-18(7-9-19)23-22(26)5-4-14-28-23/h4-14,27H,15-17H2,1-3H3,(H,29,30). The van der Waals surface area contributed by atoms with Crippen LogP contribution in [-0.2, 0) is 10.2 Å². The minimum absolute atomic E-state index is 0.0289. The number of methoxy groups -OCH3 is 1. The SMILES string of the molecule is COCCNCC(C)(C)c1ccc(NC(=O)c2ccc(-c3ncccc3Cl)cc2)cc1. The Hall–Kier alpha value is -2.73. The van der Waals surface area contributed by atoms with Crippen LogP contribution in [0.5, 0.6) is 0 Å². The molecule has 0 aliphatic carbocycles. The average molecular weight is 438 g/mol. The van der Waals surface area contributed by atoms with Crippen LogP contribution in [0.25, 0.3) is 11.3 Å². The zero-order valence-electron chi connectivity index (χ0n) is 18.1. The summed E-state index contributed by atoms with van der Waals surface area (Å²) in [6.45, 7) is 6.73. The van der Waals surface area contributed by atoms with Crippen molar-refractivity contribution in [3.63, 3.8) is 0 Å². The van der Waals surface area contributed by atoms with Crippen molar-refractivity contribution in [2.75, 3.05) is 32.1 Å². The number of nitrogens with one attached hydrogen (secondary N) is 2. The predicted molar refractivity (Wildman–Crippen MR) is 127 cm³/mol. The largest absolute Gasteiger partial charge is 0.383 e. The maximum Gasteiger partial charge on any atom is 0.255 e. The Morgan fingerprint density at radius 3 is 2.42 bits per heavy atom. The molecule has 0 radical (unpaired) electrons. The number of hydrogen-bond acceptors (Lipinski definition) is 4. The van der Waals surface area contributed by atoms with Crippen LogP contribution in [0, 0.1) is 0 Å². The molecule has 1 heterocycles. The van der Waals surface area contributed by atoms with Gasteiger partial charge in [-0.05, 0) is 42.0 Å². The summed E-state index contributed by atoms with van der Waals surface area (Å²) < 4.78 is 5.07. The van der Waals surface area contributed by atoms with Crippen LogP contribution in [0.3, 0.4) is 0 Å². The number of halogens is 1. The van der Waals surface area contributed by atoms with E-state index >= 15 is 0 Å². The Morgan fingerprint density at radius 1 is 1.06 bits per heavy atom. The smallest absolute Gasteiger partial charge is 0.255 e. The fraction of sp³-hybridized carbons (Fsp3) is 0.280. The third-order valence-corrected chi connectivity index (χ3v) is 5.46. The van der Waals surface area contributed by atoms with Gasteiger partial charge in [-0.1, -0.05) is 49.7 Å². The lowest BCUT2D eigenvalue weighted by Crippen LogP contribution is -2.34. The normalized spacial score (nSPS) is 11.4. The maximum absolute atomic E-state index is 12.6. The Bertz CT molecular complexity index is 1000. The molecule has 2 N–H and O–H groups in total. The van der Waals surface area contributed by atoms with Gasteiger partial charge in [0.1, 0.15) is 0 Å². The first-order chi connectivity index (χ1) is 14.9. The number of rotatable bonds is 9. The maximum atomic E-state index is 12.6. The highest BCUT2D eigenvalue weighted by molar-refractivity contribution is 6.33. The fourth-order valence-corrected chi connectivity index (χ4v) is 3.49. The van der Waals surface area contributed by atoms with Gasteiger partial charge in [0.25, 0.3) is 5.91 Å². The molecule has 0 saturated carbocycles. The summed E-state index contributed by atoms with van der Waals surface area (Å²) in [4.78, 5) is 16.9. The first-order valence-electron chi connectivity index (χ1n) is 10.2. The molecule has 0 unspecified atom stereocenters. The van der Waals surface area contributed by atoms with E-state index < -0.39 is 0 Å². The summed E-state index contributed by atoms with van der Waals surface area (Å²) in [6, 6.07) is 18.8. The van der Waals surface area contributed by atoms with E-state index in [9.17, 15) is 4.79 Å². The molecule has 6 heteroatoms. The van der Waals surface area contributed by atoms with E-state index in [-0.39, 0.29) is 11.3 Å². The highest BCUT2D eigenvalue weighted by Gasteiger charge is 2.20. The van der Waals surface area contributed by atoms with E-state index in [1.54, 1.807) is 37.6 Å². The summed E-state index contributed by atoms with van der Waals surface area (Å²) in [5.74, 6) is -0.160. The van der Waals surface area contributed by atoms with Crippen LogP contribution in [0.15, 0.2) is 66.9 Å². The van der Waals surface area contributed by atoms with Gasteiger partial charge in [0.2, 0.25) is 0 Å². The zero-order chi connectivity index (χ0) is 22.3. The van der Waals surface area contributed by atoms with E-state index in [4.69, 9.17) is 16.3 Å². The number of carbonyl (C=O) groups excluding carboxylic acids is 1. The highest BCUT2D eigenvalue weighted by Crippen LogP contribution is 2.26. The number of amides is 1. The van der Waals surface area contributed by atoms with E-state index in [0.717, 1.165) is 24.3 Å². The number of pyridine rings is 1. The molecule has 1 amide bonds. The summed E-state index contributed by atoms with van der Waals surface area (Å²) in [7, 11) is 1.70. The molecule has 0 aliphatic heterocycles. The Labute approximate surface area is 188 Å². The van der Waals surface area contributed by atoms with Crippen molar-refractivity contribution < 1.29 is 9.53 Å². The second kappa shape index (κ2) is 10.5. The quantitative estimate of drug-likeness (QED) is 0.453. The molecule has 2 aromatic carbocycles. The number of nitrogens with zero attached hydrogens (tertiary/aromatic N) is 1. The van der Waals surface area contributed by atoms with E-state index in [1.165, 1.54) is 5.56 Å². The van der Waals surface area contributed by atoms with Gasteiger partial charge in [0.05, 0.1) is 17.3 Å². The van der Waals surface area contributed by atoms with Crippen molar-refractivity contribution in [3.05, 3.63) is 83.0 Å². The fourth-order valence-electron chi connectivity index (χ4n) is 3.26. The summed E-state index contributed by atoms with van der Waals surface area (Å²) in [6.07, 6.45) is 1.70. The van der Waals surface area contributed by atoms with Gasteiger partial charge in [0.15, 0.2) is 0 Å². The van der Waals surface area contributed by atoms with Crippen molar-refractivity contribution in [2.45, 2.75) is 19.3 Å². The van der Waals surface area contributed by atoms with Gasteiger partial charge in [-0.25, -0.2) is 0 Å². The van der Waals surface area contributed by atoms with Gasteiger partial charge in [-0.15, -0.1) is 0 Å². The van der Waals surface area contributed by atoms with Gasteiger partial charge < -0.3 is 15.4 Å². The molecule has 0 saturated heterocycles. The van der Waals surface area contributed by atoms with Gasteiger partial charge in [0, 0.05) is 48.6 Å². The highest BCUT2D eigenvalue weighted by atomic mass is 35.5. The number of ether oxygens (including phenoxy) is 1. The van der Waals surface area contributed by atoms with Gasteiger partial charge in [-0.2, -0.15) is 0 Å². The van der Waals surface area contributed by atoms with Crippen molar-refractivity contribution in [1.29, 1.82) is 0 Å². The van der Waals surface area contributed by atoms with Crippen LogP contribution in [0.4, 0.5) is 5.69 Å². The summed E-state index contributed by atoms with van der Waals surface area (Å²) >= 11 is 6.20. The third-order valence-electron chi connectivity index (χ3n) is 5.15. The first-order valence-corrected chi connectivity index (χ1v) is 10.6. The molecular weight excluding hydrogens is 410 g/mol. The third kappa shape index (κ3) is 6.14. The molecule has 1 aromatic heterocycles. The molecule has 162 valence electrons. The van der Waals surface area contributed by atoms with Gasteiger partial charge in [-0.3, -0.25) is 9.78 Å². The monoisotopic (exact) mass is 437 g/mol. The topological polar surface area (TPSA) is 63.2 Å². The lowest BCUT2D eigenvalue weighted by atomic mass is 9.84. The number of hydrogen-bond donors (Lipinski definition) is 2. The Morgan fingerprint density at radius 2 is 1.77 bits per heavy atom. The molecule has 0 bridgehead atoms. The average Bonchev–Trinajstić information content (AvgIpc) is 2.77. The van der Waals surface area contributed by atoms with Crippen molar-refractivity contribution in [1.82, 2.24) is 10.3 Å². The second-order valence-electron chi connectivity index (χ2n) is 8.00. The number of carbonyl (C=O) groups is 1. The van der Waals surface area contributed by atoms with Crippen LogP contribution < -0.4 is 10.6 Å². The minimum atomic E-state index is -0.160. The molecule has 3 rings (SSSR count). The Balaban J connectivity index is 1.62. The number of anilines is 1. The van der Waals surface area contributed by atoms with Crippen LogP contribution >= 0.6 is 11.6 Å². The van der Waals surface area contributed by atoms with Crippen LogP contribution in [0.2, 0.25) is 5.02 Å². The zero-order valence-corrected chi connectivity index (χ0v) is 18.9. The van der Waals surface area contributed by atoms with Gasteiger partial charge >= 0.3 is 0 Å². The molecule has 0 atom stereocenters. The number of benzene rings is 2. The van der Waals surface area contributed by atoms with Crippen LogP contribution in [-0.4, -0.2) is 37.7 Å². The molecule has 0 fully saturated rings. The lowest BCUT2D eigenvalue weighted by molar-refractivity contribution is 0.102. The molecule has 0 spiro atoms. The second-order valence-corrected chi connectivity index (χ2v) is 8.40. The minimum Gasteiger partial charge on any atom is -0.383 e. The lowest BCUT2D eigenvalue weighted by Gasteiger charge is -2.26. The summed E-state index contributed by atoms with van der Waals surface area (Å²) in [5, 5.41) is 6.94. The summed E-state index contributed by atoms with van der Waals surface area (Å²) in [5.41, 5.74) is 4.07. The molecule has 31 heavy (non-hydrogen) atoms. The van der Waals surface area contributed by atoms with Crippen molar-refractivity contribution in [2.24, 2.45) is 0 Å². The molecular formula is C25H28ClN3O2. The number of aromatic nitrogens is 1. The molecule has 0 aliphatic rings. The van der Waals surface area contributed by atoms with Crippen molar-refractivity contribution >= 4 is 23.2 Å². The Kier molecular flexibility index (Phi) is 7.80. The predicted octanol–water partition coefficient (Wildman–Crippen LogP) is 5.17. The molecule has 5 nitrogen and oxygen atoms in total. The van der Waals surface area contributed by atoms with E-state index in [2.05, 4.69) is 41.6 Å². The van der Waals surface area contributed by atoms with E-state index in [1.807, 2.05) is 24.3 Å². The first kappa shape index (κ1) is 22.9. The van der Waals surface area contributed by atoms with E-state index in [0.29, 0.717) is 22.9 Å². The molecule has 3 aromatic rings.